The van der Waals surface area contributed by atoms with Crippen molar-refractivity contribution in [1.82, 2.24) is 0 Å². The molecule has 0 bridgehead atoms. The molecule has 0 spiro atoms. The molecular formula is C12H20N2O3S. The van der Waals surface area contributed by atoms with Gasteiger partial charge in [0.1, 0.15) is 4.90 Å². The van der Waals surface area contributed by atoms with E-state index in [1.54, 1.807) is 36.9 Å². The Hall–Kier alpha value is -1.11. The van der Waals surface area contributed by atoms with Gasteiger partial charge in [-0.15, -0.1) is 0 Å². The summed E-state index contributed by atoms with van der Waals surface area (Å²) in [6.07, 6.45) is 0. The van der Waals surface area contributed by atoms with Crippen molar-refractivity contribution in [2.24, 2.45) is 5.14 Å². The Labute approximate surface area is 108 Å². The number of para-hydroxylation sites is 1. The van der Waals surface area contributed by atoms with Gasteiger partial charge in [-0.25, -0.2) is 13.6 Å². The second-order valence-electron chi connectivity index (χ2n) is 4.84. The molecule has 5 nitrogen and oxygen atoms in total. The van der Waals surface area contributed by atoms with Crippen molar-refractivity contribution in [3.8, 4) is 0 Å². The van der Waals surface area contributed by atoms with Crippen LogP contribution >= 0.6 is 0 Å². The molecule has 6 heteroatoms. The van der Waals surface area contributed by atoms with E-state index < -0.39 is 15.6 Å². The third-order valence-electron chi connectivity index (χ3n) is 2.47. The van der Waals surface area contributed by atoms with Crippen LogP contribution in [0.5, 0.6) is 0 Å². The minimum absolute atomic E-state index is 0.0797. The number of primary sulfonamides is 1. The van der Waals surface area contributed by atoms with Crippen LogP contribution in [0.3, 0.4) is 0 Å². The van der Waals surface area contributed by atoms with Crippen molar-refractivity contribution in [2.75, 3.05) is 18.0 Å². The van der Waals surface area contributed by atoms with E-state index in [9.17, 15) is 13.5 Å². The van der Waals surface area contributed by atoms with Crippen LogP contribution in [0.1, 0.15) is 20.8 Å². The van der Waals surface area contributed by atoms with Gasteiger partial charge in [0.2, 0.25) is 10.0 Å². The number of hydrogen-bond donors (Lipinski definition) is 2. The molecule has 1 aromatic rings. The molecule has 0 saturated heterocycles. The maximum Gasteiger partial charge on any atom is 0.240 e. The predicted molar refractivity (Wildman–Crippen MR) is 72.0 cm³/mol. The number of likely N-dealkylation sites (N-methyl/N-ethyl adjacent to an activating group) is 1. The Morgan fingerprint density at radius 2 is 1.89 bits per heavy atom. The molecule has 0 saturated carbocycles. The summed E-state index contributed by atoms with van der Waals surface area (Å²) in [7, 11) is -3.77. The van der Waals surface area contributed by atoms with Crippen molar-refractivity contribution in [1.29, 1.82) is 0 Å². The largest absolute Gasteiger partial charge is 0.389 e. The number of sulfonamides is 1. The van der Waals surface area contributed by atoms with Crippen molar-refractivity contribution in [2.45, 2.75) is 31.3 Å². The van der Waals surface area contributed by atoms with Gasteiger partial charge in [0.05, 0.1) is 11.3 Å². The number of hydrogen-bond acceptors (Lipinski definition) is 4. The van der Waals surface area contributed by atoms with E-state index in [2.05, 4.69) is 0 Å². The molecule has 0 aliphatic carbocycles. The van der Waals surface area contributed by atoms with Crippen LogP contribution in [0, 0.1) is 0 Å². The summed E-state index contributed by atoms with van der Waals surface area (Å²) < 4.78 is 23.1. The minimum Gasteiger partial charge on any atom is -0.389 e. The summed E-state index contributed by atoms with van der Waals surface area (Å²) in [5.74, 6) is 0. The highest BCUT2D eigenvalue weighted by atomic mass is 32.2. The molecule has 0 unspecified atom stereocenters. The Morgan fingerprint density at radius 1 is 1.33 bits per heavy atom. The molecule has 0 fully saturated rings. The van der Waals surface area contributed by atoms with Crippen LogP contribution in [0.15, 0.2) is 29.2 Å². The summed E-state index contributed by atoms with van der Waals surface area (Å²) in [6, 6.07) is 6.53. The Morgan fingerprint density at radius 3 is 2.33 bits per heavy atom. The summed E-state index contributed by atoms with van der Waals surface area (Å²) in [5.41, 5.74) is -0.397. The molecule has 0 heterocycles. The highest BCUT2D eigenvalue weighted by Gasteiger charge is 2.22. The standard InChI is InChI=1S/C12H20N2O3S/c1-4-14(9-12(2,3)15)10-7-5-6-8-11(10)18(13,16)17/h5-8,15H,4,9H2,1-3H3,(H2,13,16,17). The summed E-state index contributed by atoms with van der Waals surface area (Å²) in [4.78, 5) is 1.87. The molecule has 0 aliphatic rings. The van der Waals surface area contributed by atoms with Crippen LogP contribution < -0.4 is 10.0 Å². The number of anilines is 1. The highest BCUT2D eigenvalue weighted by Crippen LogP contribution is 2.25. The van der Waals surface area contributed by atoms with Crippen molar-refractivity contribution in [3.05, 3.63) is 24.3 Å². The third-order valence-corrected chi connectivity index (χ3v) is 3.43. The first-order valence-corrected chi connectivity index (χ1v) is 7.29. The highest BCUT2D eigenvalue weighted by molar-refractivity contribution is 7.89. The van der Waals surface area contributed by atoms with Crippen molar-refractivity contribution >= 4 is 15.7 Å². The van der Waals surface area contributed by atoms with E-state index in [4.69, 9.17) is 5.14 Å². The molecule has 18 heavy (non-hydrogen) atoms. The van der Waals surface area contributed by atoms with Crippen LogP contribution in [-0.2, 0) is 10.0 Å². The van der Waals surface area contributed by atoms with Gasteiger partial charge < -0.3 is 10.0 Å². The predicted octanol–water partition coefficient (Wildman–Crippen LogP) is 0.931. The topological polar surface area (TPSA) is 83.6 Å². The average Bonchev–Trinajstić information content (AvgIpc) is 2.23. The van der Waals surface area contributed by atoms with E-state index in [-0.39, 0.29) is 4.90 Å². The number of benzene rings is 1. The first kappa shape index (κ1) is 14.9. The van der Waals surface area contributed by atoms with Crippen LogP contribution in [0.4, 0.5) is 5.69 Å². The molecular weight excluding hydrogens is 252 g/mol. The molecule has 102 valence electrons. The zero-order valence-corrected chi connectivity index (χ0v) is 11.7. The zero-order valence-electron chi connectivity index (χ0n) is 10.9. The fourth-order valence-electron chi connectivity index (χ4n) is 1.79. The van der Waals surface area contributed by atoms with Gasteiger partial charge in [-0.1, -0.05) is 12.1 Å². The lowest BCUT2D eigenvalue weighted by Gasteiger charge is -2.30. The van der Waals surface area contributed by atoms with Gasteiger partial charge >= 0.3 is 0 Å². The number of nitrogens with zero attached hydrogens (tertiary/aromatic N) is 1. The van der Waals surface area contributed by atoms with Crippen molar-refractivity contribution < 1.29 is 13.5 Å². The molecule has 3 N–H and O–H groups in total. The molecule has 1 rings (SSSR count). The van der Waals surface area contributed by atoms with Gasteiger partial charge in [0.25, 0.3) is 0 Å². The minimum atomic E-state index is -3.77. The SMILES string of the molecule is CCN(CC(C)(C)O)c1ccccc1S(N)(=O)=O. The molecule has 0 aliphatic heterocycles. The first-order valence-electron chi connectivity index (χ1n) is 5.74. The lowest BCUT2D eigenvalue weighted by atomic mass is 10.1. The summed E-state index contributed by atoms with van der Waals surface area (Å²) >= 11 is 0. The van der Waals surface area contributed by atoms with Crippen molar-refractivity contribution in [3.63, 3.8) is 0 Å². The maximum absolute atomic E-state index is 11.5. The van der Waals surface area contributed by atoms with Crippen LogP contribution in [0.25, 0.3) is 0 Å². The second kappa shape index (κ2) is 5.26. The van der Waals surface area contributed by atoms with Crippen LogP contribution in [-0.4, -0.2) is 32.2 Å². The lowest BCUT2D eigenvalue weighted by Crippen LogP contribution is -2.39. The molecule has 1 aromatic carbocycles. The van der Waals surface area contributed by atoms with Gasteiger partial charge in [-0.2, -0.15) is 0 Å². The van der Waals surface area contributed by atoms with Gasteiger partial charge in [0, 0.05) is 13.1 Å². The lowest BCUT2D eigenvalue weighted by molar-refractivity contribution is 0.0875. The van der Waals surface area contributed by atoms with E-state index in [0.29, 0.717) is 18.8 Å². The monoisotopic (exact) mass is 272 g/mol. The zero-order chi connectivity index (χ0) is 14.0. The van der Waals surface area contributed by atoms with E-state index in [1.807, 2.05) is 6.92 Å². The normalized spacial score (nSPS) is 12.5. The number of rotatable bonds is 5. The smallest absolute Gasteiger partial charge is 0.240 e. The summed E-state index contributed by atoms with van der Waals surface area (Å²) in [6.45, 7) is 6.16. The number of nitrogens with two attached hydrogens (primary N) is 1. The Bertz CT molecular complexity index is 506. The van der Waals surface area contributed by atoms with E-state index in [0.717, 1.165) is 0 Å². The van der Waals surface area contributed by atoms with Crippen LogP contribution in [0.2, 0.25) is 0 Å². The van der Waals surface area contributed by atoms with E-state index in [1.165, 1.54) is 6.07 Å². The fraction of sp³-hybridized carbons (Fsp3) is 0.500. The maximum atomic E-state index is 11.5. The molecule has 0 aromatic heterocycles. The Kier molecular flexibility index (Phi) is 4.37. The molecule has 0 amide bonds. The first-order chi connectivity index (χ1) is 8.15. The average molecular weight is 272 g/mol. The van der Waals surface area contributed by atoms with Gasteiger partial charge in [-0.05, 0) is 32.9 Å². The second-order valence-corrected chi connectivity index (χ2v) is 6.37. The summed E-state index contributed by atoms with van der Waals surface area (Å²) in [5, 5.41) is 15.0. The number of aliphatic hydroxyl groups is 1. The quantitative estimate of drug-likeness (QED) is 0.835. The Balaban J connectivity index is 3.23. The molecule has 0 atom stereocenters. The fourth-order valence-corrected chi connectivity index (χ4v) is 2.55. The van der Waals surface area contributed by atoms with Gasteiger partial charge in [-0.3, -0.25) is 0 Å². The van der Waals surface area contributed by atoms with E-state index >= 15 is 0 Å². The molecule has 0 radical (unpaired) electrons. The third kappa shape index (κ3) is 3.97. The van der Waals surface area contributed by atoms with Gasteiger partial charge in [0.15, 0.2) is 0 Å².